The van der Waals surface area contributed by atoms with Crippen molar-refractivity contribution in [2.75, 3.05) is 6.54 Å². The highest BCUT2D eigenvalue weighted by Crippen LogP contribution is 2.30. The van der Waals surface area contributed by atoms with Gasteiger partial charge in [-0.1, -0.05) is 6.07 Å². The highest BCUT2D eigenvalue weighted by Gasteiger charge is 2.35. The molecule has 110 valence electrons. The third kappa shape index (κ3) is 3.73. The first kappa shape index (κ1) is 15.3. The second-order valence-electron chi connectivity index (χ2n) is 5.49. The molecule has 2 rings (SSSR count). The quantitative estimate of drug-likeness (QED) is 0.865. The molecule has 0 aliphatic heterocycles. The average Bonchev–Trinajstić information content (AvgIpc) is 2.36. The Labute approximate surface area is 127 Å². The molecule has 20 heavy (non-hydrogen) atoms. The van der Waals surface area contributed by atoms with Gasteiger partial charge in [-0.05, 0) is 66.7 Å². The lowest BCUT2D eigenvalue weighted by Gasteiger charge is -2.36. The number of nitrogens with one attached hydrogen (secondary N) is 1. The Morgan fingerprint density at radius 1 is 1.55 bits per heavy atom. The van der Waals surface area contributed by atoms with E-state index in [2.05, 4.69) is 21.2 Å². The van der Waals surface area contributed by atoms with Crippen molar-refractivity contribution in [3.05, 3.63) is 28.2 Å². The van der Waals surface area contributed by atoms with Gasteiger partial charge < -0.3 is 15.2 Å². The van der Waals surface area contributed by atoms with E-state index in [1.807, 2.05) is 25.1 Å². The van der Waals surface area contributed by atoms with E-state index in [0.717, 1.165) is 29.3 Å². The van der Waals surface area contributed by atoms with Gasteiger partial charge in [0.2, 0.25) is 0 Å². The molecule has 4 nitrogen and oxygen atoms in total. The second-order valence-corrected chi connectivity index (χ2v) is 6.34. The monoisotopic (exact) mass is 341 g/mol. The predicted molar refractivity (Wildman–Crippen MR) is 80.8 cm³/mol. The van der Waals surface area contributed by atoms with Crippen LogP contribution in [0.4, 0.5) is 0 Å². The number of hydrogen-bond donors (Lipinski definition) is 2. The fourth-order valence-electron chi connectivity index (χ4n) is 2.10. The van der Waals surface area contributed by atoms with E-state index in [1.165, 1.54) is 0 Å². The Bertz CT molecular complexity index is 500. The first-order valence-corrected chi connectivity index (χ1v) is 7.62. The molecular weight excluding hydrogens is 322 g/mol. The van der Waals surface area contributed by atoms with E-state index in [1.54, 1.807) is 6.92 Å². The number of hydrogen-bond acceptors (Lipinski definition) is 3. The lowest BCUT2D eigenvalue weighted by molar-refractivity contribution is -0.129. The number of aliphatic hydroxyl groups is 1. The fraction of sp³-hybridized carbons (Fsp3) is 0.533. The van der Waals surface area contributed by atoms with Crippen molar-refractivity contribution in [1.82, 2.24) is 5.32 Å². The molecule has 1 aromatic carbocycles. The summed E-state index contributed by atoms with van der Waals surface area (Å²) in [7, 11) is 0. The van der Waals surface area contributed by atoms with Gasteiger partial charge in [-0.2, -0.15) is 0 Å². The molecule has 1 aliphatic carbocycles. The van der Waals surface area contributed by atoms with Gasteiger partial charge in [-0.15, -0.1) is 0 Å². The average molecular weight is 342 g/mol. The van der Waals surface area contributed by atoms with Crippen molar-refractivity contribution in [2.24, 2.45) is 0 Å². The topological polar surface area (TPSA) is 58.6 Å². The zero-order chi connectivity index (χ0) is 14.8. The Hall–Kier alpha value is -1.07. The van der Waals surface area contributed by atoms with Crippen LogP contribution < -0.4 is 10.1 Å². The van der Waals surface area contributed by atoms with Gasteiger partial charge in [-0.25, -0.2) is 0 Å². The van der Waals surface area contributed by atoms with Crippen molar-refractivity contribution in [3.63, 3.8) is 0 Å². The highest BCUT2D eigenvalue weighted by molar-refractivity contribution is 9.10. The van der Waals surface area contributed by atoms with Crippen LogP contribution in [0.1, 0.15) is 31.7 Å². The van der Waals surface area contributed by atoms with Gasteiger partial charge in [0.05, 0.1) is 10.1 Å². The van der Waals surface area contributed by atoms with Gasteiger partial charge in [0.15, 0.2) is 6.10 Å². The molecule has 1 unspecified atom stereocenters. The highest BCUT2D eigenvalue weighted by atomic mass is 79.9. The van der Waals surface area contributed by atoms with Crippen molar-refractivity contribution < 1.29 is 14.6 Å². The summed E-state index contributed by atoms with van der Waals surface area (Å²) in [6.45, 7) is 3.99. The molecule has 1 aliphatic rings. The lowest BCUT2D eigenvalue weighted by atomic mass is 9.80. The summed E-state index contributed by atoms with van der Waals surface area (Å²) in [6.07, 6.45) is 1.94. The molecule has 5 heteroatoms. The van der Waals surface area contributed by atoms with Gasteiger partial charge in [-0.3, -0.25) is 4.79 Å². The van der Waals surface area contributed by atoms with E-state index in [0.29, 0.717) is 12.3 Å². The number of aryl methyl sites for hydroxylation is 1. The summed E-state index contributed by atoms with van der Waals surface area (Å²) in [5.74, 6) is 0.429. The van der Waals surface area contributed by atoms with Crippen molar-refractivity contribution in [1.29, 1.82) is 0 Å². The Kier molecular flexibility index (Phi) is 4.70. The fourth-order valence-corrected chi connectivity index (χ4v) is 2.69. The maximum absolute atomic E-state index is 11.9. The normalized spacial score (nSPS) is 18.0. The molecule has 0 radical (unpaired) electrons. The minimum Gasteiger partial charge on any atom is -0.480 e. The minimum absolute atomic E-state index is 0.210. The van der Waals surface area contributed by atoms with Crippen LogP contribution in [0.3, 0.4) is 0 Å². The van der Waals surface area contributed by atoms with Crippen LogP contribution in [-0.2, 0) is 4.79 Å². The van der Waals surface area contributed by atoms with Gasteiger partial charge in [0.25, 0.3) is 5.91 Å². The first-order chi connectivity index (χ1) is 9.39. The van der Waals surface area contributed by atoms with E-state index in [9.17, 15) is 9.90 Å². The number of rotatable bonds is 5. The molecule has 0 saturated heterocycles. The molecule has 1 saturated carbocycles. The molecule has 1 fully saturated rings. The van der Waals surface area contributed by atoms with E-state index in [4.69, 9.17) is 4.74 Å². The van der Waals surface area contributed by atoms with Crippen LogP contribution in [0.5, 0.6) is 5.75 Å². The molecule has 0 aromatic heterocycles. The second kappa shape index (κ2) is 6.14. The van der Waals surface area contributed by atoms with Gasteiger partial charge >= 0.3 is 0 Å². The van der Waals surface area contributed by atoms with Crippen molar-refractivity contribution >= 4 is 21.8 Å². The van der Waals surface area contributed by atoms with E-state index >= 15 is 0 Å². The van der Waals surface area contributed by atoms with Crippen LogP contribution in [0.25, 0.3) is 0 Å². The predicted octanol–water partition coefficient (Wildman–Crippen LogP) is 2.56. The molecule has 0 heterocycles. The Balaban J connectivity index is 1.87. The maximum atomic E-state index is 11.9. The number of carbonyl (C=O) groups is 1. The van der Waals surface area contributed by atoms with Gasteiger partial charge in [0, 0.05) is 6.54 Å². The Morgan fingerprint density at radius 2 is 2.25 bits per heavy atom. The van der Waals surface area contributed by atoms with Crippen molar-refractivity contribution in [3.8, 4) is 5.75 Å². The molecule has 1 amide bonds. The van der Waals surface area contributed by atoms with Crippen LogP contribution in [-0.4, -0.2) is 29.3 Å². The zero-order valence-corrected chi connectivity index (χ0v) is 13.4. The van der Waals surface area contributed by atoms with Crippen molar-refractivity contribution in [2.45, 2.75) is 44.8 Å². The smallest absolute Gasteiger partial charge is 0.260 e. The lowest BCUT2D eigenvalue weighted by Crippen LogP contribution is -2.50. The summed E-state index contributed by atoms with van der Waals surface area (Å²) in [5, 5.41) is 12.7. The third-order valence-corrected chi connectivity index (χ3v) is 4.26. The molecular formula is C15H20BrNO3. The Morgan fingerprint density at radius 3 is 2.80 bits per heavy atom. The number of amides is 1. The standard InChI is InChI=1S/C15H20BrNO3/c1-10-4-5-13(12(16)8-10)20-11(2)14(18)17-9-15(19)6-3-7-15/h4-5,8,11,19H,3,6-7,9H2,1-2H3,(H,17,18). The summed E-state index contributed by atoms with van der Waals surface area (Å²) >= 11 is 3.42. The number of carbonyl (C=O) groups excluding carboxylic acids is 1. The summed E-state index contributed by atoms with van der Waals surface area (Å²) in [4.78, 5) is 11.9. The van der Waals surface area contributed by atoms with Crippen LogP contribution in [0, 0.1) is 6.92 Å². The maximum Gasteiger partial charge on any atom is 0.260 e. The van der Waals surface area contributed by atoms with Crippen LogP contribution in [0.2, 0.25) is 0 Å². The van der Waals surface area contributed by atoms with Crippen LogP contribution in [0.15, 0.2) is 22.7 Å². The molecule has 1 aromatic rings. The number of ether oxygens (including phenoxy) is 1. The first-order valence-electron chi connectivity index (χ1n) is 6.82. The zero-order valence-electron chi connectivity index (χ0n) is 11.8. The summed E-state index contributed by atoms with van der Waals surface area (Å²) in [6, 6.07) is 5.71. The molecule has 1 atom stereocenters. The van der Waals surface area contributed by atoms with Gasteiger partial charge in [0.1, 0.15) is 5.75 Å². The number of benzene rings is 1. The summed E-state index contributed by atoms with van der Waals surface area (Å²) < 4.78 is 6.47. The molecule has 0 bridgehead atoms. The van der Waals surface area contributed by atoms with E-state index in [-0.39, 0.29) is 5.91 Å². The molecule has 2 N–H and O–H groups in total. The largest absolute Gasteiger partial charge is 0.480 e. The molecule has 0 spiro atoms. The summed E-state index contributed by atoms with van der Waals surface area (Å²) in [5.41, 5.74) is 0.411. The van der Waals surface area contributed by atoms with Crippen LogP contribution >= 0.6 is 15.9 Å². The van der Waals surface area contributed by atoms with E-state index < -0.39 is 11.7 Å². The minimum atomic E-state index is -0.709. The SMILES string of the molecule is Cc1ccc(OC(C)C(=O)NCC2(O)CCC2)c(Br)c1. The number of halogens is 1. The third-order valence-electron chi connectivity index (χ3n) is 3.64.